The number of aromatic nitrogens is 2. The summed E-state index contributed by atoms with van der Waals surface area (Å²) in [5.41, 5.74) is 2.16. The molecule has 1 atom stereocenters. The van der Waals surface area contributed by atoms with Crippen LogP contribution in [0.3, 0.4) is 0 Å². The predicted octanol–water partition coefficient (Wildman–Crippen LogP) is 4.05. The van der Waals surface area contributed by atoms with Gasteiger partial charge in [0.2, 0.25) is 5.91 Å². The van der Waals surface area contributed by atoms with Gasteiger partial charge in [0.15, 0.2) is 0 Å². The Balaban J connectivity index is 1.55. The number of ether oxygens (including phenoxy) is 1. The van der Waals surface area contributed by atoms with Crippen molar-refractivity contribution in [2.75, 3.05) is 20.2 Å². The van der Waals surface area contributed by atoms with Crippen molar-refractivity contribution in [2.45, 2.75) is 25.3 Å². The van der Waals surface area contributed by atoms with Crippen molar-refractivity contribution in [3.63, 3.8) is 0 Å². The molecule has 29 heavy (non-hydrogen) atoms. The van der Waals surface area contributed by atoms with Crippen molar-refractivity contribution in [2.24, 2.45) is 0 Å². The first-order chi connectivity index (χ1) is 13.9. The summed E-state index contributed by atoms with van der Waals surface area (Å²) in [6.45, 7) is 1.17. The minimum Gasteiger partial charge on any atom is -0.497 e. The maximum absolute atomic E-state index is 12.9. The van der Waals surface area contributed by atoms with E-state index in [2.05, 4.69) is 4.98 Å². The van der Waals surface area contributed by atoms with Gasteiger partial charge < -0.3 is 14.6 Å². The summed E-state index contributed by atoms with van der Waals surface area (Å²) in [7, 11) is 1.59. The third kappa shape index (κ3) is 4.14. The number of nitrogens with one attached hydrogen (secondary N) is 1. The van der Waals surface area contributed by atoms with Gasteiger partial charge in [-0.1, -0.05) is 23.2 Å². The molecule has 3 aromatic rings. The summed E-state index contributed by atoms with van der Waals surface area (Å²) in [6.07, 6.45) is 1.90. The highest BCUT2D eigenvalue weighted by Gasteiger charge is 2.27. The van der Waals surface area contributed by atoms with Crippen molar-refractivity contribution >= 4 is 40.1 Å². The van der Waals surface area contributed by atoms with Crippen LogP contribution in [0.4, 0.5) is 0 Å². The Morgan fingerprint density at radius 1 is 1.21 bits per heavy atom. The number of methoxy groups -OCH3 is 1. The van der Waals surface area contributed by atoms with Crippen molar-refractivity contribution in [1.82, 2.24) is 14.5 Å². The molecular formula is C21H21Cl2N3O3. The second kappa shape index (κ2) is 8.13. The molecule has 1 amide bonds. The van der Waals surface area contributed by atoms with E-state index in [0.717, 1.165) is 29.4 Å². The number of hydrogen-bond acceptors (Lipinski definition) is 3. The number of nitrogens with zero attached hydrogens (tertiary/aromatic N) is 2. The van der Waals surface area contributed by atoms with Crippen molar-refractivity contribution in [3.05, 3.63) is 62.5 Å². The van der Waals surface area contributed by atoms with E-state index in [0.29, 0.717) is 28.9 Å². The number of H-pyrrole nitrogens is 1. The molecule has 0 spiro atoms. The van der Waals surface area contributed by atoms with Crippen LogP contribution < -0.4 is 10.4 Å². The third-order valence-electron chi connectivity index (χ3n) is 5.32. The molecule has 2 aromatic carbocycles. The number of benzene rings is 2. The average molecular weight is 434 g/mol. The van der Waals surface area contributed by atoms with Crippen LogP contribution in [0.25, 0.3) is 11.0 Å². The van der Waals surface area contributed by atoms with Crippen LogP contribution in [0.1, 0.15) is 24.4 Å². The van der Waals surface area contributed by atoms with Crippen LogP contribution >= 0.6 is 23.2 Å². The summed E-state index contributed by atoms with van der Waals surface area (Å²) in [6, 6.07) is 10.6. The molecule has 0 aliphatic carbocycles. The van der Waals surface area contributed by atoms with Gasteiger partial charge in [-0.25, -0.2) is 4.79 Å². The Morgan fingerprint density at radius 3 is 2.69 bits per heavy atom. The molecule has 1 aliphatic rings. The maximum Gasteiger partial charge on any atom is 0.326 e. The molecule has 1 N–H and O–H groups in total. The summed E-state index contributed by atoms with van der Waals surface area (Å²) in [4.78, 5) is 30.2. The van der Waals surface area contributed by atoms with Gasteiger partial charge in [0.05, 0.1) is 30.6 Å². The van der Waals surface area contributed by atoms with Gasteiger partial charge in [0.1, 0.15) is 5.75 Å². The Kier molecular flexibility index (Phi) is 5.56. The Labute approximate surface area is 178 Å². The number of hydrogen-bond donors (Lipinski definition) is 1. The maximum atomic E-state index is 12.9. The number of piperidine rings is 1. The molecule has 4 rings (SSSR count). The lowest BCUT2D eigenvalue weighted by Gasteiger charge is -2.33. The van der Waals surface area contributed by atoms with Gasteiger partial charge in [-0.3, -0.25) is 9.36 Å². The monoisotopic (exact) mass is 433 g/mol. The minimum absolute atomic E-state index is 0.00240. The fraction of sp³-hybridized carbons (Fsp3) is 0.333. The summed E-state index contributed by atoms with van der Waals surface area (Å²) in [5.74, 6) is 0.689. The lowest BCUT2D eigenvalue weighted by molar-refractivity contribution is -0.132. The van der Waals surface area contributed by atoms with Gasteiger partial charge in [0, 0.05) is 29.2 Å². The van der Waals surface area contributed by atoms with Gasteiger partial charge in [-0.2, -0.15) is 0 Å². The Hall–Kier alpha value is -2.44. The van der Waals surface area contributed by atoms with Crippen LogP contribution in [0.2, 0.25) is 10.0 Å². The number of aromatic amines is 1. The van der Waals surface area contributed by atoms with Crippen LogP contribution in [0, 0.1) is 0 Å². The highest BCUT2D eigenvalue weighted by Crippen LogP contribution is 2.27. The minimum atomic E-state index is -0.172. The van der Waals surface area contributed by atoms with E-state index in [-0.39, 0.29) is 24.1 Å². The quantitative estimate of drug-likeness (QED) is 0.674. The molecular weight excluding hydrogens is 413 g/mol. The SMILES string of the molecule is COc1ccc2c(c1)[nH]c(=O)n2[C@H]1CCCN(C(=O)Cc2cc(Cl)cc(Cl)c2)C1. The Bertz CT molecular complexity index is 1100. The molecule has 8 heteroatoms. The number of likely N-dealkylation sites (tertiary alicyclic amines) is 1. The number of carbonyl (C=O) groups excluding carboxylic acids is 1. The third-order valence-corrected chi connectivity index (χ3v) is 5.75. The van der Waals surface area contributed by atoms with Gasteiger partial charge in [-0.15, -0.1) is 0 Å². The highest BCUT2D eigenvalue weighted by molar-refractivity contribution is 6.34. The van der Waals surface area contributed by atoms with E-state index in [4.69, 9.17) is 27.9 Å². The van der Waals surface area contributed by atoms with Gasteiger partial charge >= 0.3 is 5.69 Å². The zero-order valence-electron chi connectivity index (χ0n) is 16.0. The zero-order valence-corrected chi connectivity index (χ0v) is 17.5. The molecule has 0 saturated carbocycles. The van der Waals surface area contributed by atoms with Crippen molar-refractivity contribution < 1.29 is 9.53 Å². The van der Waals surface area contributed by atoms with Crippen LogP contribution in [-0.4, -0.2) is 40.6 Å². The smallest absolute Gasteiger partial charge is 0.326 e. The lowest BCUT2D eigenvalue weighted by Crippen LogP contribution is -2.43. The molecule has 152 valence electrons. The second-order valence-electron chi connectivity index (χ2n) is 7.27. The van der Waals surface area contributed by atoms with E-state index in [1.165, 1.54) is 0 Å². The van der Waals surface area contributed by atoms with Crippen molar-refractivity contribution in [1.29, 1.82) is 0 Å². The van der Waals surface area contributed by atoms with E-state index >= 15 is 0 Å². The second-order valence-corrected chi connectivity index (χ2v) is 8.15. The molecule has 0 bridgehead atoms. The predicted molar refractivity (Wildman–Crippen MR) is 114 cm³/mol. The average Bonchev–Trinajstić information content (AvgIpc) is 3.02. The van der Waals surface area contributed by atoms with Crippen LogP contribution in [0.5, 0.6) is 5.75 Å². The van der Waals surface area contributed by atoms with Crippen LogP contribution in [0.15, 0.2) is 41.2 Å². The number of amides is 1. The first-order valence-corrected chi connectivity index (χ1v) is 10.2. The zero-order chi connectivity index (χ0) is 20.5. The first kappa shape index (κ1) is 19.9. The molecule has 6 nitrogen and oxygen atoms in total. The fourth-order valence-corrected chi connectivity index (χ4v) is 4.56. The highest BCUT2D eigenvalue weighted by atomic mass is 35.5. The molecule has 1 aromatic heterocycles. The van der Waals surface area contributed by atoms with E-state index < -0.39 is 0 Å². The molecule has 0 radical (unpaired) electrons. The van der Waals surface area contributed by atoms with Crippen molar-refractivity contribution in [3.8, 4) is 5.75 Å². The molecule has 1 aliphatic heterocycles. The van der Waals surface area contributed by atoms with Gasteiger partial charge in [0.25, 0.3) is 0 Å². The van der Waals surface area contributed by atoms with E-state index in [9.17, 15) is 9.59 Å². The molecule has 1 saturated heterocycles. The summed E-state index contributed by atoms with van der Waals surface area (Å²) in [5, 5.41) is 1.02. The Morgan fingerprint density at radius 2 is 1.97 bits per heavy atom. The largest absolute Gasteiger partial charge is 0.497 e. The molecule has 0 unspecified atom stereocenters. The van der Waals surface area contributed by atoms with Crippen LogP contribution in [-0.2, 0) is 11.2 Å². The number of rotatable bonds is 4. The number of imidazole rings is 1. The first-order valence-electron chi connectivity index (χ1n) is 9.45. The van der Waals surface area contributed by atoms with E-state index in [1.807, 2.05) is 23.1 Å². The lowest BCUT2D eigenvalue weighted by atomic mass is 10.0. The fourth-order valence-electron chi connectivity index (χ4n) is 3.99. The number of halogens is 2. The summed E-state index contributed by atoms with van der Waals surface area (Å²) < 4.78 is 6.99. The number of fused-ring (bicyclic) bond motifs is 1. The summed E-state index contributed by atoms with van der Waals surface area (Å²) >= 11 is 12.1. The standard InChI is InChI=1S/C21H21Cl2N3O3/c1-29-17-4-5-19-18(11-17)24-21(28)26(19)16-3-2-6-25(12-16)20(27)9-13-7-14(22)10-15(23)8-13/h4-5,7-8,10-11,16H,2-3,6,9,12H2,1H3,(H,24,28)/t16-/m0/s1. The molecule has 1 fully saturated rings. The van der Waals surface area contributed by atoms with Gasteiger partial charge in [-0.05, 0) is 48.7 Å². The number of carbonyl (C=O) groups is 1. The molecule has 2 heterocycles. The normalized spacial score (nSPS) is 16.9. The topological polar surface area (TPSA) is 67.3 Å². The van der Waals surface area contributed by atoms with E-state index in [1.54, 1.807) is 29.9 Å².